The van der Waals surface area contributed by atoms with Gasteiger partial charge in [0.05, 0.1) is 0 Å². The SMILES string of the molecule is CC([O])(O)c1ccccc1. The Morgan fingerprint density at radius 2 is 1.80 bits per heavy atom. The zero-order chi connectivity index (χ0) is 7.61. The summed E-state index contributed by atoms with van der Waals surface area (Å²) >= 11 is 0. The van der Waals surface area contributed by atoms with E-state index in [4.69, 9.17) is 5.11 Å². The van der Waals surface area contributed by atoms with Crippen molar-refractivity contribution in [1.82, 2.24) is 0 Å². The van der Waals surface area contributed by atoms with E-state index in [9.17, 15) is 5.11 Å². The van der Waals surface area contributed by atoms with Crippen LogP contribution in [0.25, 0.3) is 0 Å². The molecule has 0 aromatic heterocycles. The topological polar surface area (TPSA) is 40.1 Å². The van der Waals surface area contributed by atoms with Gasteiger partial charge in [0.2, 0.25) is 5.79 Å². The maximum Gasteiger partial charge on any atom is 0.222 e. The van der Waals surface area contributed by atoms with Crippen molar-refractivity contribution in [2.75, 3.05) is 0 Å². The van der Waals surface area contributed by atoms with Crippen molar-refractivity contribution < 1.29 is 10.2 Å². The Morgan fingerprint density at radius 1 is 1.30 bits per heavy atom. The maximum atomic E-state index is 10.9. The third-order valence-electron chi connectivity index (χ3n) is 1.31. The second-order valence-corrected chi connectivity index (χ2v) is 2.35. The van der Waals surface area contributed by atoms with Gasteiger partial charge in [-0.2, -0.15) is 5.11 Å². The predicted octanol–water partition coefficient (Wildman–Crippen LogP) is 1.28. The molecule has 0 spiro atoms. The lowest BCUT2D eigenvalue weighted by Crippen LogP contribution is -2.17. The molecule has 0 aliphatic carbocycles. The van der Waals surface area contributed by atoms with Crippen molar-refractivity contribution in [3.05, 3.63) is 35.9 Å². The van der Waals surface area contributed by atoms with Gasteiger partial charge in [-0.3, -0.25) is 0 Å². The monoisotopic (exact) mass is 137 g/mol. The van der Waals surface area contributed by atoms with E-state index in [1.807, 2.05) is 0 Å². The number of benzene rings is 1. The molecule has 0 aliphatic rings. The second-order valence-electron chi connectivity index (χ2n) is 2.35. The van der Waals surface area contributed by atoms with Crippen molar-refractivity contribution >= 4 is 0 Å². The molecule has 0 aliphatic heterocycles. The average Bonchev–Trinajstić information content (AvgIpc) is 1.88. The molecule has 1 unspecified atom stereocenters. The molecule has 0 fully saturated rings. The molecule has 0 amide bonds. The van der Waals surface area contributed by atoms with Crippen LogP contribution in [0.2, 0.25) is 0 Å². The number of rotatable bonds is 1. The first-order valence-electron chi connectivity index (χ1n) is 3.09. The lowest BCUT2D eigenvalue weighted by molar-refractivity contribution is -0.199. The van der Waals surface area contributed by atoms with Gasteiger partial charge in [0.25, 0.3) is 0 Å². The Kier molecular flexibility index (Phi) is 1.74. The number of hydrogen-bond acceptors (Lipinski definition) is 1. The van der Waals surface area contributed by atoms with Crippen LogP contribution in [-0.4, -0.2) is 5.11 Å². The van der Waals surface area contributed by atoms with Gasteiger partial charge < -0.3 is 5.11 Å². The van der Waals surface area contributed by atoms with Crippen molar-refractivity contribution in [3.8, 4) is 0 Å². The molecule has 1 N–H and O–H groups in total. The summed E-state index contributed by atoms with van der Waals surface area (Å²) in [5, 5.41) is 19.8. The summed E-state index contributed by atoms with van der Waals surface area (Å²) in [7, 11) is 0. The van der Waals surface area contributed by atoms with Crippen LogP contribution in [0, 0.1) is 0 Å². The zero-order valence-corrected chi connectivity index (χ0v) is 5.74. The van der Waals surface area contributed by atoms with Crippen LogP contribution in [-0.2, 0) is 10.9 Å². The zero-order valence-electron chi connectivity index (χ0n) is 5.74. The molecule has 1 radical (unpaired) electrons. The minimum atomic E-state index is -1.96. The Hall–Kier alpha value is -0.860. The van der Waals surface area contributed by atoms with E-state index in [-0.39, 0.29) is 0 Å². The Balaban J connectivity index is 2.97. The summed E-state index contributed by atoms with van der Waals surface area (Å²) in [4.78, 5) is 0. The normalized spacial score (nSPS) is 11.5. The van der Waals surface area contributed by atoms with E-state index in [0.717, 1.165) is 0 Å². The minimum Gasteiger partial charge on any atom is -0.360 e. The fourth-order valence-corrected chi connectivity index (χ4v) is 0.747. The summed E-state index contributed by atoms with van der Waals surface area (Å²) in [6, 6.07) is 8.46. The predicted molar refractivity (Wildman–Crippen MR) is 36.7 cm³/mol. The third kappa shape index (κ3) is 1.56. The Labute approximate surface area is 59.7 Å². The van der Waals surface area contributed by atoms with Crippen LogP contribution in [0.1, 0.15) is 12.5 Å². The standard InChI is InChI=1S/C8H9O2/c1-8(9,10)7-5-3-2-4-6-7/h2-6,9H,1H3. The van der Waals surface area contributed by atoms with Crippen LogP contribution in [0.15, 0.2) is 30.3 Å². The fraction of sp³-hybridized carbons (Fsp3) is 0.250. The maximum absolute atomic E-state index is 10.9. The van der Waals surface area contributed by atoms with Gasteiger partial charge in [-0.1, -0.05) is 30.3 Å². The molecule has 1 aromatic rings. The van der Waals surface area contributed by atoms with Crippen molar-refractivity contribution in [2.24, 2.45) is 0 Å². The van der Waals surface area contributed by atoms with E-state index >= 15 is 0 Å². The molecular weight excluding hydrogens is 128 g/mol. The summed E-state index contributed by atoms with van der Waals surface area (Å²) in [6.45, 7) is 1.22. The van der Waals surface area contributed by atoms with Gasteiger partial charge >= 0.3 is 0 Å². The van der Waals surface area contributed by atoms with Crippen molar-refractivity contribution in [2.45, 2.75) is 12.7 Å². The van der Waals surface area contributed by atoms with Crippen LogP contribution >= 0.6 is 0 Å². The summed E-state index contributed by atoms with van der Waals surface area (Å²) < 4.78 is 0. The van der Waals surface area contributed by atoms with E-state index in [1.54, 1.807) is 30.3 Å². The Morgan fingerprint density at radius 3 is 2.10 bits per heavy atom. The van der Waals surface area contributed by atoms with Gasteiger partial charge in [-0.05, 0) is 6.92 Å². The highest BCUT2D eigenvalue weighted by Gasteiger charge is 2.19. The molecule has 0 saturated carbocycles. The Bertz CT molecular complexity index is 198. The van der Waals surface area contributed by atoms with Crippen molar-refractivity contribution in [1.29, 1.82) is 0 Å². The van der Waals surface area contributed by atoms with Gasteiger partial charge in [-0.15, -0.1) is 0 Å². The summed E-state index contributed by atoms with van der Waals surface area (Å²) in [6.07, 6.45) is 0. The van der Waals surface area contributed by atoms with Crippen LogP contribution in [0.4, 0.5) is 0 Å². The number of aliphatic hydroxyl groups is 1. The van der Waals surface area contributed by atoms with Crippen LogP contribution in [0.5, 0.6) is 0 Å². The smallest absolute Gasteiger partial charge is 0.222 e. The lowest BCUT2D eigenvalue weighted by atomic mass is 10.1. The first-order chi connectivity index (χ1) is 4.61. The van der Waals surface area contributed by atoms with Gasteiger partial charge in [0.1, 0.15) is 0 Å². The molecule has 0 heterocycles. The minimum absolute atomic E-state index is 0.398. The molecule has 53 valence electrons. The molecule has 1 rings (SSSR count). The highest BCUT2D eigenvalue weighted by Crippen LogP contribution is 2.15. The first kappa shape index (κ1) is 7.25. The average molecular weight is 137 g/mol. The van der Waals surface area contributed by atoms with E-state index in [0.29, 0.717) is 5.56 Å². The molecule has 1 aromatic carbocycles. The van der Waals surface area contributed by atoms with Gasteiger partial charge in [0.15, 0.2) is 0 Å². The van der Waals surface area contributed by atoms with Gasteiger partial charge in [-0.25, -0.2) is 0 Å². The highest BCUT2D eigenvalue weighted by atomic mass is 16.5. The summed E-state index contributed by atoms with van der Waals surface area (Å²) in [5.74, 6) is -1.96. The molecule has 2 heteroatoms. The quantitative estimate of drug-likeness (QED) is 0.582. The lowest BCUT2D eigenvalue weighted by Gasteiger charge is -2.11. The van der Waals surface area contributed by atoms with E-state index < -0.39 is 5.79 Å². The number of hydrogen-bond donors (Lipinski definition) is 1. The summed E-state index contributed by atoms with van der Waals surface area (Å²) in [5.41, 5.74) is 0.398. The van der Waals surface area contributed by atoms with E-state index in [2.05, 4.69) is 0 Å². The molecule has 0 saturated heterocycles. The third-order valence-corrected chi connectivity index (χ3v) is 1.31. The highest BCUT2D eigenvalue weighted by molar-refractivity contribution is 5.18. The molecule has 2 nitrogen and oxygen atoms in total. The van der Waals surface area contributed by atoms with Crippen LogP contribution in [0.3, 0.4) is 0 Å². The van der Waals surface area contributed by atoms with E-state index in [1.165, 1.54) is 6.92 Å². The van der Waals surface area contributed by atoms with Crippen molar-refractivity contribution in [3.63, 3.8) is 0 Å². The molecular formula is C8H9O2. The second kappa shape index (κ2) is 2.40. The first-order valence-corrected chi connectivity index (χ1v) is 3.09. The molecule has 10 heavy (non-hydrogen) atoms. The largest absolute Gasteiger partial charge is 0.360 e. The molecule has 0 bridgehead atoms. The fourth-order valence-electron chi connectivity index (χ4n) is 0.747. The van der Waals surface area contributed by atoms with Gasteiger partial charge in [0, 0.05) is 5.56 Å². The van der Waals surface area contributed by atoms with Crippen LogP contribution < -0.4 is 0 Å². The molecule has 1 atom stereocenters.